The summed E-state index contributed by atoms with van der Waals surface area (Å²) in [6.45, 7) is 0.241. The average Bonchev–Trinajstić information content (AvgIpc) is 3.07. The van der Waals surface area contributed by atoms with Crippen molar-refractivity contribution >= 4 is 34.8 Å². The summed E-state index contributed by atoms with van der Waals surface area (Å²) in [7, 11) is 1.39. The number of furan rings is 1. The van der Waals surface area contributed by atoms with Crippen molar-refractivity contribution in [2.75, 3.05) is 13.3 Å². The summed E-state index contributed by atoms with van der Waals surface area (Å²) in [4.78, 5) is 32.9. The van der Waals surface area contributed by atoms with E-state index in [1.165, 1.54) is 30.0 Å². The Morgan fingerprint density at radius 3 is 3.05 bits per heavy atom. The van der Waals surface area contributed by atoms with Crippen molar-refractivity contribution < 1.29 is 18.8 Å². The third-order valence-corrected chi connectivity index (χ3v) is 3.04. The molecule has 0 fully saturated rings. The van der Waals surface area contributed by atoms with Crippen molar-refractivity contribution in [1.82, 2.24) is 10.2 Å². The SMILES string of the molecule is CNC(=O)ON=C1N=C(SC)N(Cc2ccco2)C1=O. The number of nitrogens with one attached hydrogen (secondary N) is 1. The minimum atomic E-state index is -0.768. The molecule has 1 aliphatic heterocycles. The fourth-order valence-electron chi connectivity index (χ4n) is 1.45. The molecule has 1 N–H and O–H groups in total. The molecule has 1 aliphatic rings. The van der Waals surface area contributed by atoms with Gasteiger partial charge in [0.15, 0.2) is 5.17 Å². The predicted octanol–water partition coefficient (Wildman–Crippen LogP) is 1.01. The van der Waals surface area contributed by atoms with Gasteiger partial charge in [0.2, 0.25) is 0 Å². The number of oxime groups is 1. The molecule has 0 saturated carbocycles. The zero-order chi connectivity index (χ0) is 14.5. The first-order valence-electron chi connectivity index (χ1n) is 5.59. The Hall–Kier alpha value is -2.29. The lowest BCUT2D eigenvalue weighted by Crippen LogP contribution is -2.32. The van der Waals surface area contributed by atoms with Crippen molar-refractivity contribution in [3.8, 4) is 0 Å². The van der Waals surface area contributed by atoms with Gasteiger partial charge < -0.3 is 9.73 Å². The van der Waals surface area contributed by atoms with Gasteiger partial charge in [-0.05, 0) is 23.5 Å². The summed E-state index contributed by atoms with van der Waals surface area (Å²) in [5.74, 6) is -0.00673. The molecule has 9 heteroatoms. The molecule has 0 atom stereocenters. The third-order valence-electron chi connectivity index (χ3n) is 2.36. The van der Waals surface area contributed by atoms with Crippen LogP contribution in [0.4, 0.5) is 4.79 Å². The third kappa shape index (κ3) is 2.99. The van der Waals surface area contributed by atoms with Gasteiger partial charge in [-0.15, -0.1) is 0 Å². The Kier molecular flexibility index (Phi) is 4.41. The molecule has 0 aromatic carbocycles. The van der Waals surface area contributed by atoms with Crippen LogP contribution in [0.25, 0.3) is 0 Å². The smallest absolute Gasteiger partial charge is 0.433 e. The fraction of sp³-hybridized carbons (Fsp3) is 0.273. The molecule has 0 radical (unpaired) electrons. The molecule has 0 aliphatic carbocycles. The molecule has 0 unspecified atom stereocenters. The maximum Gasteiger partial charge on any atom is 0.433 e. The number of amidine groups is 2. The second-order valence-electron chi connectivity index (χ2n) is 3.61. The highest BCUT2D eigenvalue weighted by atomic mass is 32.2. The molecular formula is C11H12N4O4S. The van der Waals surface area contributed by atoms with Crippen molar-refractivity contribution in [2.45, 2.75) is 6.54 Å². The van der Waals surface area contributed by atoms with E-state index in [-0.39, 0.29) is 12.4 Å². The lowest BCUT2D eigenvalue weighted by Gasteiger charge is -2.14. The van der Waals surface area contributed by atoms with Crippen LogP contribution in [0.2, 0.25) is 0 Å². The van der Waals surface area contributed by atoms with E-state index in [4.69, 9.17) is 4.42 Å². The van der Waals surface area contributed by atoms with Gasteiger partial charge in [0.1, 0.15) is 5.76 Å². The topological polar surface area (TPSA) is 96.5 Å². The molecule has 1 aromatic heterocycles. The van der Waals surface area contributed by atoms with Gasteiger partial charge in [-0.25, -0.2) is 4.79 Å². The number of aliphatic imine (C=N–C) groups is 1. The molecule has 2 heterocycles. The van der Waals surface area contributed by atoms with Crippen molar-refractivity contribution in [3.63, 3.8) is 0 Å². The summed E-state index contributed by atoms with van der Waals surface area (Å²) in [6.07, 6.45) is 2.54. The van der Waals surface area contributed by atoms with Gasteiger partial charge in [0.25, 0.3) is 5.84 Å². The molecule has 2 amide bonds. The number of thioether (sulfide) groups is 1. The van der Waals surface area contributed by atoms with Crippen LogP contribution in [-0.4, -0.2) is 41.2 Å². The highest BCUT2D eigenvalue weighted by Crippen LogP contribution is 2.18. The van der Waals surface area contributed by atoms with Gasteiger partial charge in [-0.3, -0.25) is 14.5 Å². The van der Waals surface area contributed by atoms with E-state index in [0.717, 1.165) is 0 Å². The first-order valence-corrected chi connectivity index (χ1v) is 6.82. The predicted molar refractivity (Wildman–Crippen MR) is 73.2 cm³/mol. The van der Waals surface area contributed by atoms with Crippen LogP contribution in [0, 0.1) is 0 Å². The maximum atomic E-state index is 12.1. The molecule has 20 heavy (non-hydrogen) atoms. The Balaban J connectivity index is 2.13. The normalized spacial score (nSPS) is 16.5. The monoisotopic (exact) mass is 296 g/mol. The quantitative estimate of drug-likeness (QED) is 0.663. The van der Waals surface area contributed by atoms with Gasteiger partial charge in [-0.1, -0.05) is 11.8 Å². The number of nitrogens with zero attached hydrogens (tertiary/aromatic N) is 3. The molecule has 106 valence electrons. The second-order valence-corrected chi connectivity index (χ2v) is 4.39. The Morgan fingerprint density at radius 1 is 1.65 bits per heavy atom. The van der Waals surface area contributed by atoms with E-state index in [1.54, 1.807) is 18.4 Å². The van der Waals surface area contributed by atoms with Crippen LogP contribution in [0.15, 0.2) is 33.0 Å². The summed E-state index contributed by atoms with van der Waals surface area (Å²) >= 11 is 1.29. The second kappa shape index (κ2) is 6.24. The van der Waals surface area contributed by atoms with Crippen LogP contribution in [0.3, 0.4) is 0 Å². The molecule has 0 bridgehead atoms. The van der Waals surface area contributed by atoms with Crippen molar-refractivity contribution in [3.05, 3.63) is 24.2 Å². The van der Waals surface area contributed by atoms with Gasteiger partial charge in [0, 0.05) is 7.05 Å². The summed E-state index contributed by atoms with van der Waals surface area (Å²) in [5.41, 5.74) is 0. The number of hydrogen-bond donors (Lipinski definition) is 1. The van der Waals surface area contributed by atoms with Gasteiger partial charge in [-0.2, -0.15) is 4.99 Å². The largest absolute Gasteiger partial charge is 0.467 e. The van der Waals surface area contributed by atoms with E-state index >= 15 is 0 Å². The zero-order valence-electron chi connectivity index (χ0n) is 10.8. The molecule has 8 nitrogen and oxygen atoms in total. The number of hydrogen-bond acceptors (Lipinski definition) is 6. The van der Waals surface area contributed by atoms with E-state index in [2.05, 4.69) is 20.3 Å². The summed E-state index contributed by atoms with van der Waals surface area (Å²) in [5, 5.41) is 6.11. The molecule has 0 saturated heterocycles. The highest BCUT2D eigenvalue weighted by molar-refractivity contribution is 8.13. The molecule has 1 aromatic rings. The summed E-state index contributed by atoms with van der Waals surface area (Å²) in [6, 6.07) is 3.48. The average molecular weight is 296 g/mol. The van der Waals surface area contributed by atoms with Crippen LogP contribution >= 0.6 is 11.8 Å². The van der Waals surface area contributed by atoms with E-state index < -0.39 is 12.0 Å². The zero-order valence-corrected chi connectivity index (χ0v) is 11.6. The van der Waals surface area contributed by atoms with Crippen LogP contribution in [-0.2, 0) is 16.2 Å². The first kappa shape index (κ1) is 14.1. The number of amides is 2. The standard InChI is InChI=1S/C11H12N4O4S/c1-12-11(17)19-14-8-9(16)15(10(13-8)20-2)6-7-4-3-5-18-7/h3-5H,6H2,1-2H3,(H,12,17). The van der Waals surface area contributed by atoms with Crippen LogP contribution < -0.4 is 5.32 Å². The summed E-state index contributed by atoms with van der Waals surface area (Å²) < 4.78 is 5.19. The number of carbonyl (C=O) groups excluding carboxylic acids is 2. The van der Waals surface area contributed by atoms with Crippen LogP contribution in [0.1, 0.15) is 5.76 Å². The first-order chi connectivity index (χ1) is 9.65. The number of carbonyl (C=O) groups is 2. The lowest BCUT2D eigenvalue weighted by atomic mass is 10.4. The molecular weight excluding hydrogens is 284 g/mol. The molecule has 2 rings (SSSR count). The Labute approximate surface area is 118 Å². The van der Waals surface area contributed by atoms with E-state index in [0.29, 0.717) is 10.9 Å². The Morgan fingerprint density at radius 2 is 2.45 bits per heavy atom. The van der Waals surface area contributed by atoms with Gasteiger partial charge in [0.05, 0.1) is 12.8 Å². The highest BCUT2D eigenvalue weighted by Gasteiger charge is 2.32. The van der Waals surface area contributed by atoms with Crippen LogP contribution in [0.5, 0.6) is 0 Å². The minimum Gasteiger partial charge on any atom is -0.467 e. The van der Waals surface area contributed by atoms with E-state index in [9.17, 15) is 9.59 Å². The van der Waals surface area contributed by atoms with Crippen molar-refractivity contribution in [2.24, 2.45) is 10.1 Å². The molecule has 0 spiro atoms. The fourth-order valence-corrected chi connectivity index (χ4v) is 2.00. The van der Waals surface area contributed by atoms with E-state index in [1.807, 2.05) is 0 Å². The maximum absolute atomic E-state index is 12.1. The number of rotatable bonds is 3. The van der Waals surface area contributed by atoms with Gasteiger partial charge >= 0.3 is 12.0 Å². The minimum absolute atomic E-state index is 0.176. The van der Waals surface area contributed by atoms with Crippen molar-refractivity contribution in [1.29, 1.82) is 0 Å². The lowest BCUT2D eigenvalue weighted by molar-refractivity contribution is -0.120. The Bertz CT molecular complexity index is 567.